The van der Waals surface area contributed by atoms with Crippen LogP contribution in [0.5, 0.6) is 0 Å². The number of benzene rings is 1. The number of morpholine rings is 1. The van der Waals surface area contributed by atoms with Gasteiger partial charge in [-0.1, -0.05) is 18.7 Å². The quantitative estimate of drug-likeness (QED) is 0.419. The van der Waals surface area contributed by atoms with Crippen molar-refractivity contribution in [1.82, 2.24) is 30.1 Å². The van der Waals surface area contributed by atoms with Crippen molar-refractivity contribution >= 4 is 34.5 Å². The zero-order valence-corrected chi connectivity index (χ0v) is 21.9. The molecule has 6 rings (SSSR count). The number of rotatable bonds is 6. The molecule has 3 fully saturated rings. The van der Waals surface area contributed by atoms with Gasteiger partial charge in [-0.05, 0) is 42.7 Å². The van der Waals surface area contributed by atoms with Crippen LogP contribution in [0.15, 0.2) is 49.3 Å². The summed E-state index contributed by atoms with van der Waals surface area (Å²) in [6, 6.07) is 10.2. The van der Waals surface area contributed by atoms with Gasteiger partial charge in [-0.2, -0.15) is 0 Å². The Hall–Kier alpha value is -3.96. The summed E-state index contributed by atoms with van der Waals surface area (Å²) >= 11 is 0. The van der Waals surface area contributed by atoms with E-state index in [9.17, 15) is 9.59 Å². The minimum absolute atomic E-state index is 0.000976. The topological polar surface area (TPSA) is 119 Å². The van der Waals surface area contributed by atoms with Crippen LogP contribution >= 0.6 is 0 Å². The largest absolute Gasteiger partial charge is 0.378 e. The number of nitrogens with zero attached hydrogens (tertiary/aromatic N) is 5. The number of hydrogen-bond acceptors (Lipinski definition) is 7. The molecule has 0 atom stereocenters. The molecule has 3 aliphatic heterocycles. The number of carbonyl (C=O) groups is 2. The third-order valence-corrected chi connectivity index (χ3v) is 7.90. The molecule has 3 amide bonds. The molecule has 0 spiro atoms. The van der Waals surface area contributed by atoms with E-state index in [1.807, 2.05) is 29.2 Å². The normalized spacial score (nSPS) is 19.1. The van der Waals surface area contributed by atoms with Crippen LogP contribution in [0.2, 0.25) is 0 Å². The maximum Gasteiger partial charge on any atom is 0.319 e. The predicted molar refractivity (Wildman–Crippen MR) is 150 cm³/mol. The number of hydrogen-bond donors (Lipinski definition) is 3. The van der Waals surface area contributed by atoms with Crippen molar-refractivity contribution in [2.24, 2.45) is 0 Å². The van der Waals surface area contributed by atoms with Gasteiger partial charge < -0.3 is 30.2 Å². The lowest BCUT2D eigenvalue weighted by Gasteiger charge is -2.47. The number of urea groups is 1. The van der Waals surface area contributed by atoms with E-state index < -0.39 is 0 Å². The number of aromatic amines is 1. The van der Waals surface area contributed by atoms with Gasteiger partial charge in [0.05, 0.1) is 18.6 Å². The van der Waals surface area contributed by atoms with Crippen LogP contribution in [-0.2, 0) is 9.53 Å². The second-order valence-electron chi connectivity index (χ2n) is 10.3. The molecule has 3 saturated heterocycles. The minimum Gasteiger partial charge on any atom is -0.378 e. The Kier molecular flexibility index (Phi) is 7.16. The molecular weight excluding hydrogens is 496 g/mol. The lowest BCUT2D eigenvalue weighted by molar-refractivity contribution is -0.133. The van der Waals surface area contributed by atoms with E-state index in [1.165, 1.54) is 6.08 Å². The number of fused-ring (bicyclic) bond motifs is 1. The fraction of sp³-hybridized carbons (Fsp3) is 0.429. The van der Waals surface area contributed by atoms with Gasteiger partial charge >= 0.3 is 6.03 Å². The van der Waals surface area contributed by atoms with E-state index >= 15 is 0 Å². The van der Waals surface area contributed by atoms with Gasteiger partial charge in [0.15, 0.2) is 0 Å². The zero-order valence-electron chi connectivity index (χ0n) is 21.9. The van der Waals surface area contributed by atoms with Crippen molar-refractivity contribution in [3.63, 3.8) is 0 Å². The van der Waals surface area contributed by atoms with E-state index in [0.29, 0.717) is 19.3 Å². The smallest absolute Gasteiger partial charge is 0.319 e. The van der Waals surface area contributed by atoms with Crippen LogP contribution in [0.25, 0.3) is 22.3 Å². The Labute approximate surface area is 227 Å². The maximum atomic E-state index is 12.7. The van der Waals surface area contributed by atoms with Gasteiger partial charge in [-0.3, -0.25) is 9.69 Å². The van der Waals surface area contributed by atoms with Gasteiger partial charge in [0.1, 0.15) is 17.8 Å². The molecule has 3 N–H and O–H groups in total. The first-order valence-corrected chi connectivity index (χ1v) is 13.6. The number of piperidine rings is 1. The summed E-state index contributed by atoms with van der Waals surface area (Å²) in [5, 5.41) is 7.06. The van der Waals surface area contributed by atoms with Gasteiger partial charge in [-0.25, -0.2) is 14.8 Å². The number of likely N-dealkylation sites (tertiary alicyclic amines) is 2. The first kappa shape index (κ1) is 25.3. The van der Waals surface area contributed by atoms with Crippen LogP contribution in [0.3, 0.4) is 0 Å². The second-order valence-corrected chi connectivity index (χ2v) is 10.3. The predicted octanol–water partition coefficient (Wildman–Crippen LogP) is 2.44. The van der Waals surface area contributed by atoms with Gasteiger partial charge in [-0.15, -0.1) is 0 Å². The monoisotopic (exact) mass is 530 g/mol. The molecular formula is C28H34N8O3. The summed E-state index contributed by atoms with van der Waals surface area (Å²) in [4.78, 5) is 43.1. The third kappa shape index (κ3) is 5.45. The number of amides is 3. The summed E-state index contributed by atoms with van der Waals surface area (Å²) < 4.78 is 5.48. The SMILES string of the molecule is C=CC(=O)N1CC(N2CCC(NC(=O)Nc3ccc(-c4cc5c(N6CCOCC6)ncnc5[nH]4)cc3)CC2)C1. The first-order chi connectivity index (χ1) is 19.1. The molecule has 1 aromatic carbocycles. The van der Waals surface area contributed by atoms with E-state index in [-0.39, 0.29) is 18.0 Å². The lowest BCUT2D eigenvalue weighted by atomic mass is 9.99. The molecule has 3 aliphatic rings. The maximum absolute atomic E-state index is 12.7. The highest BCUT2D eigenvalue weighted by Crippen LogP contribution is 2.29. The average Bonchev–Trinajstić information content (AvgIpc) is 3.38. The summed E-state index contributed by atoms with van der Waals surface area (Å²) in [5.74, 6) is 0.921. The summed E-state index contributed by atoms with van der Waals surface area (Å²) in [6.07, 6.45) is 4.76. The fourth-order valence-corrected chi connectivity index (χ4v) is 5.60. The summed E-state index contributed by atoms with van der Waals surface area (Å²) in [5.41, 5.74) is 3.49. The first-order valence-electron chi connectivity index (χ1n) is 13.6. The molecule has 5 heterocycles. The van der Waals surface area contributed by atoms with Gasteiger partial charge in [0.2, 0.25) is 5.91 Å². The van der Waals surface area contributed by atoms with Crippen molar-refractivity contribution in [3.05, 3.63) is 49.3 Å². The van der Waals surface area contributed by atoms with E-state index in [4.69, 9.17) is 4.74 Å². The summed E-state index contributed by atoms with van der Waals surface area (Å²) in [7, 11) is 0. The Morgan fingerprint density at radius 2 is 1.79 bits per heavy atom. The zero-order chi connectivity index (χ0) is 26.8. The Morgan fingerprint density at radius 3 is 2.51 bits per heavy atom. The number of anilines is 2. The number of aromatic nitrogens is 3. The van der Waals surface area contributed by atoms with E-state index in [2.05, 4.69) is 48.0 Å². The van der Waals surface area contributed by atoms with Crippen LogP contribution < -0.4 is 15.5 Å². The van der Waals surface area contributed by atoms with Crippen LogP contribution in [-0.4, -0.2) is 101 Å². The number of nitrogens with one attached hydrogen (secondary N) is 3. The van der Waals surface area contributed by atoms with E-state index in [1.54, 1.807) is 6.33 Å². The molecule has 0 saturated carbocycles. The molecule has 0 radical (unpaired) electrons. The second kappa shape index (κ2) is 11.0. The third-order valence-electron chi connectivity index (χ3n) is 7.90. The minimum atomic E-state index is -0.191. The van der Waals surface area contributed by atoms with Crippen molar-refractivity contribution in [1.29, 1.82) is 0 Å². The van der Waals surface area contributed by atoms with Crippen molar-refractivity contribution in [3.8, 4) is 11.3 Å². The number of H-pyrrole nitrogens is 1. The standard InChI is InChI=1S/C28H34N8O3/c1-2-25(37)36-16-22(17-36)34-9-7-21(8-10-34)32-28(38)31-20-5-3-19(4-6-20)24-15-23-26(33-24)29-18-30-27(23)35-11-13-39-14-12-35/h2-6,15,18,21-22H,1,7-14,16-17H2,(H,29,30,33)(H2,31,32,38). The molecule has 11 heteroatoms. The summed E-state index contributed by atoms with van der Waals surface area (Å²) in [6.45, 7) is 9.93. The van der Waals surface area contributed by atoms with Crippen LogP contribution in [0, 0.1) is 0 Å². The molecule has 3 aromatic rings. The van der Waals surface area contributed by atoms with E-state index in [0.717, 1.165) is 85.9 Å². The van der Waals surface area contributed by atoms with Crippen LogP contribution in [0.4, 0.5) is 16.3 Å². The molecule has 2 aromatic heterocycles. The average molecular weight is 531 g/mol. The number of ether oxygens (including phenoxy) is 1. The molecule has 11 nitrogen and oxygen atoms in total. The molecule has 0 bridgehead atoms. The number of carbonyl (C=O) groups excluding carboxylic acids is 2. The Balaban J connectivity index is 1.01. The molecule has 204 valence electrons. The van der Waals surface area contributed by atoms with Crippen molar-refractivity contribution < 1.29 is 14.3 Å². The van der Waals surface area contributed by atoms with Crippen LogP contribution in [0.1, 0.15) is 12.8 Å². The van der Waals surface area contributed by atoms with Gasteiger partial charge in [0.25, 0.3) is 0 Å². The molecule has 0 aliphatic carbocycles. The highest BCUT2D eigenvalue weighted by Gasteiger charge is 2.35. The highest BCUT2D eigenvalue weighted by atomic mass is 16.5. The Bertz CT molecular complexity index is 1340. The van der Waals surface area contributed by atoms with Crippen molar-refractivity contribution in [2.75, 3.05) is 62.7 Å². The molecule has 39 heavy (non-hydrogen) atoms. The lowest BCUT2D eigenvalue weighted by Crippen LogP contribution is -2.62. The fourth-order valence-electron chi connectivity index (χ4n) is 5.60. The van der Waals surface area contributed by atoms with Gasteiger partial charge in [0, 0.05) is 62.7 Å². The highest BCUT2D eigenvalue weighted by molar-refractivity contribution is 5.93. The molecule has 0 unspecified atom stereocenters. The Morgan fingerprint density at radius 1 is 1.05 bits per heavy atom. The van der Waals surface area contributed by atoms with Crippen molar-refractivity contribution in [2.45, 2.75) is 24.9 Å².